The van der Waals surface area contributed by atoms with Crippen LogP contribution in [0.4, 0.5) is 4.39 Å². The number of amides is 3. The van der Waals surface area contributed by atoms with Crippen molar-refractivity contribution in [1.29, 1.82) is 0 Å². The molecule has 6 nitrogen and oxygen atoms in total. The summed E-state index contributed by atoms with van der Waals surface area (Å²) in [5.41, 5.74) is 4.97. The molecule has 0 aliphatic heterocycles. The van der Waals surface area contributed by atoms with Gasteiger partial charge in [-0.3, -0.25) is 25.2 Å². The Morgan fingerprint density at radius 3 is 2.37 bits per heavy atom. The third-order valence-corrected chi connectivity index (χ3v) is 4.49. The molecular formula is C18H17ClFN3O3S. The van der Waals surface area contributed by atoms with E-state index in [9.17, 15) is 18.8 Å². The summed E-state index contributed by atoms with van der Waals surface area (Å²) in [5.74, 6) is -1.73. The summed E-state index contributed by atoms with van der Waals surface area (Å²) in [6, 6.07) is 12.6. The quantitative estimate of drug-likeness (QED) is 0.482. The Hall–Kier alpha value is -2.58. The molecule has 0 saturated carbocycles. The molecule has 3 N–H and O–H groups in total. The second kappa shape index (κ2) is 10.5. The first-order chi connectivity index (χ1) is 12.9. The molecule has 0 heterocycles. The van der Waals surface area contributed by atoms with E-state index in [-0.39, 0.29) is 18.7 Å². The normalized spacial score (nSPS) is 10.1. The van der Waals surface area contributed by atoms with Crippen molar-refractivity contribution >= 4 is 41.1 Å². The average Bonchev–Trinajstić information content (AvgIpc) is 2.64. The van der Waals surface area contributed by atoms with Crippen LogP contribution in [0.5, 0.6) is 0 Å². The molecule has 0 radical (unpaired) electrons. The molecule has 0 spiro atoms. The maximum absolute atomic E-state index is 13.1. The van der Waals surface area contributed by atoms with Crippen LogP contribution in [0.1, 0.15) is 5.56 Å². The molecule has 2 rings (SSSR count). The van der Waals surface area contributed by atoms with Crippen LogP contribution in [0.3, 0.4) is 0 Å². The van der Waals surface area contributed by atoms with Crippen molar-refractivity contribution in [1.82, 2.24) is 16.2 Å². The number of carbonyl (C=O) groups is 3. The third-order valence-electron chi connectivity index (χ3n) is 3.22. The Kier molecular flexibility index (Phi) is 8.09. The van der Waals surface area contributed by atoms with Crippen molar-refractivity contribution in [2.75, 3.05) is 12.3 Å². The van der Waals surface area contributed by atoms with Crippen molar-refractivity contribution in [2.45, 2.75) is 11.3 Å². The Morgan fingerprint density at radius 1 is 0.963 bits per heavy atom. The molecule has 27 heavy (non-hydrogen) atoms. The topological polar surface area (TPSA) is 87.3 Å². The second-order valence-corrected chi connectivity index (χ2v) is 6.91. The van der Waals surface area contributed by atoms with Crippen LogP contribution >= 0.6 is 23.4 Å². The molecular weight excluding hydrogens is 393 g/mol. The van der Waals surface area contributed by atoms with Gasteiger partial charge in [0.2, 0.25) is 11.8 Å². The van der Waals surface area contributed by atoms with Gasteiger partial charge in [0.15, 0.2) is 0 Å². The molecule has 0 aliphatic rings. The number of thioether (sulfide) groups is 1. The van der Waals surface area contributed by atoms with Gasteiger partial charge in [0.25, 0.3) is 5.91 Å². The van der Waals surface area contributed by atoms with E-state index in [2.05, 4.69) is 16.2 Å². The van der Waals surface area contributed by atoms with Crippen molar-refractivity contribution in [3.63, 3.8) is 0 Å². The molecule has 0 atom stereocenters. The predicted molar refractivity (Wildman–Crippen MR) is 102 cm³/mol. The fourth-order valence-electron chi connectivity index (χ4n) is 1.97. The summed E-state index contributed by atoms with van der Waals surface area (Å²) < 4.78 is 13.1. The minimum atomic E-state index is -0.576. The van der Waals surface area contributed by atoms with Gasteiger partial charge in [-0.2, -0.15) is 0 Å². The molecule has 9 heteroatoms. The molecule has 0 aliphatic carbocycles. The van der Waals surface area contributed by atoms with Gasteiger partial charge in [-0.1, -0.05) is 23.7 Å². The lowest BCUT2D eigenvalue weighted by atomic mass is 10.1. The van der Waals surface area contributed by atoms with Crippen LogP contribution in [0, 0.1) is 5.82 Å². The predicted octanol–water partition coefficient (Wildman–Crippen LogP) is 2.08. The summed E-state index contributed by atoms with van der Waals surface area (Å²) >= 11 is 7.07. The lowest BCUT2D eigenvalue weighted by molar-refractivity contribution is -0.128. The number of hydrogen-bond acceptors (Lipinski definition) is 4. The summed E-state index contributed by atoms with van der Waals surface area (Å²) in [6.07, 6.45) is -0.0465. The van der Waals surface area contributed by atoms with Crippen molar-refractivity contribution in [2.24, 2.45) is 0 Å². The SMILES string of the molecule is O=C(Cc1cccc(F)c1)NCC(=O)NNC(=O)CSc1ccc(Cl)cc1. The van der Waals surface area contributed by atoms with Crippen molar-refractivity contribution in [3.8, 4) is 0 Å². The molecule has 0 saturated heterocycles. The van der Waals surface area contributed by atoms with Gasteiger partial charge in [-0.25, -0.2) is 4.39 Å². The van der Waals surface area contributed by atoms with E-state index >= 15 is 0 Å². The van der Waals surface area contributed by atoms with Crippen LogP contribution in [-0.4, -0.2) is 30.0 Å². The molecule has 3 amide bonds. The van der Waals surface area contributed by atoms with Crippen LogP contribution < -0.4 is 16.2 Å². The van der Waals surface area contributed by atoms with Gasteiger partial charge in [0.05, 0.1) is 18.7 Å². The second-order valence-electron chi connectivity index (χ2n) is 5.42. The van der Waals surface area contributed by atoms with Gasteiger partial charge in [0, 0.05) is 9.92 Å². The van der Waals surface area contributed by atoms with E-state index in [0.29, 0.717) is 10.6 Å². The van der Waals surface area contributed by atoms with Gasteiger partial charge in [-0.15, -0.1) is 11.8 Å². The summed E-state index contributed by atoms with van der Waals surface area (Å²) in [7, 11) is 0. The average molecular weight is 410 g/mol. The highest BCUT2D eigenvalue weighted by molar-refractivity contribution is 8.00. The molecule has 2 aromatic carbocycles. The number of halogens is 2. The molecule has 0 aromatic heterocycles. The Morgan fingerprint density at radius 2 is 1.67 bits per heavy atom. The summed E-state index contributed by atoms with van der Waals surface area (Å²) in [5, 5.41) is 3.00. The van der Waals surface area contributed by atoms with E-state index in [1.807, 2.05) is 0 Å². The van der Waals surface area contributed by atoms with Gasteiger partial charge in [0.1, 0.15) is 5.82 Å². The van der Waals surface area contributed by atoms with E-state index in [1.54, 1.807) is 30.3 Å². The smallest absolute Gasteiger partial charge is 0.257 e. The maximum atomic E-state index is 13.1. The zero-order valence-electron chi connectivity index (χ0n) is 14.1. The maximum Gasteiger partial charge on any atom is 0.257 e. The summed E-state index contributed by atoms with van der Waals surface area (Å²) in [4.78, 5) is 36.0. The first-order valence-corrected chi connectivity index (χ1v) is 9.26. The monoisotopic (exact) mass is 409 g/mol. The molecule has 0 fully saturated rings. The van der Waals surface area contributed by atoms with E-state index < -0.39 is 23.5 Å². The van der Waals surface area contributed by atoms with Gasteiger partial charge < -0.3 is 5.32 Å². The molecule has 142 valence electrons. The zero-order chi connectivity index (χ0) is 19.6. The van der Waals surface area contributed by atoms with E-state index in [0.717, 1.165) is 4.90 Å². The number of hydrogen-bond donors (Lipinski definition) is 3. The fourth-order valence-corrected chi connectivity index (χ4v) is 2.80. The molecule has 2 aromatic rings. The van der Waals surface area contributed by atoms with E-state index in [4.69, 9.17) is 11.6 Å². The van der Waals surface area contributed by atoms with Crippen molar-refractivity contribution < 1.29 is 18.8 Å². The van der Waals surface area contributed by atoms with Gasteiger partial charge >= 0.3 is 0 Å². The first-order valence-electron chi connectivity index (χ1n) is 7.89. The van der Waals surface area contributed by atoms with Crippen LogP contribution in [-0.2, 0) is 20.8 Å². The highest BCUT2D eigenvalue weighted by Crippen LogP contribution is 2.19. The van der Waals surface area contributed by atoms with Crippen molar-refractivity contribution in [3.05, 3.63) is 64.9 Å². The largest absolute Gasteiger partial charge is 0.347 e. The first kappa shape index (κ1) is 20.7. The molecule has 0 bridgehead atoms. The minimum Gasteiger partial charge on any atom is -0.347 e. The van der Waals surface area contributed by atoms with E-state index in [1.165, 1.54) is 30.0 Å². The number of carbonyl (C=O) groups excluding carboxylic acids is 3. The highest BCUT2D eigenvalue weighted by atomic mass is 35.5. The third kappa shape index (κ3) is 8.10. The zero-order valence-corrected chi connectivity index (χ0v) is 15.7. The number of benzene rings is 2. The standard InChI is InChI=1S/C18H17ClFN3O3S/c19-13-4-6-15(7-5-13)27-11-18(26)23-22-17(25)10-21-16(24)9-12-2-1-3-14(20)8-12/h1-8H,9-11H2,(H,21,24)(H,22,25)(H,23,26). The minimum absolute atomic E-state index is 0.0465. The van der Waals surface area contributed by atoms with Gasteiger partial charge in [-0.05, 0) is 42.0 Å². The summed E-state index contributed by atoms with van der Waals surface area (Å²) in [6.45, 7) is -0.307. The highest BCUT2D eigenvalue weighted by Gasteiger charge is 2.09. The van der Waals surface area contributed by atoms with Crippen LogP contribution in [0.15, 0.2) is 53.4 Å². The Balaban J connectivity index is 1.62. The number of nitrogens with one attached hydrogen (secondary N) is 3. The lowest BCUT2D eigenvalue weighted by Crippen LogP contribution is -2.47. The molecule has 0 unspecified atom stereocenters. The lowest BCUT2D eigenvalue weighted by Gasteiger charge is -2.08. The van der Waals surface area contributed by atoms with Crippen LogP contribution in [0.2, 0.25) is 5.02 Å². The number of rotatable bonds is 7. The fraction of sp³-hybridized carbons (Fsp3) is 0.167. The number of hydrazine groups is 1. The Bertz CT molecular complexity index is 818. The van der Waals surface area contributed by atoms with Crippen LogP contribution in [0.25, 0.3) is 0 Å². The Labute approximate surface area is 164 Å².